The molecule has 2 aromatic rings. The van der Waals surface area contributed by atoms with Crippen LogP contribution >= 0.6 is 0 Å². The number of nitrogens with zero attached hydrogens (tertiary/aromatic N) is 3. The van der Waals surface area contributed by atoms with Crippen molar-refractivity contribution in [3.63, 3.8) is 0 Å². The molecule has 188 valence electrons. The van der Waals surface area contributed by atoms with Crippen LogP contribution in [0.3, 0.4) is 0 Å². The predicted molar refractivity (Wildman–Crippen MR) is 136 cm³/mol. The van der Waals surface area contributed by atoms with Gasteiger partial charge in [-0.25, -0.2) is 0 Å². The van der Waals surface area contributed by atoms with Crippen molar-refractivity contribution < 1.29 is 19.7 Å². The molecule has 0 amide bonds. The molecule has 0 aliphatic carbocycles. The van der Waals surface area contributed by atoms with Crippen molar-refractivity contribution in [1.29, 1.82) is 0 Å². The number of pyridine rings is 2. The van der Waals surface area contributed by atoms with Crippen LogP contribution in [-0.4, -0.2) is 50.9 Å². The van der Waals surface area contributed by atoms with Gasteiger partial charge in [0.05, 0.1) is 35.7 Å². The number of piperidine rings is 1. The Bertz CT molecular complexity index is 947. The molecule has 0 atom stereocenters. The van der Waals surface area contributed by atoms with Gasteiger partial charge in [-0.1, -0.05) is 13.8 Å². The van der Waals surface area contributed by atoms with Gasteiger partial charge >= 0.3 is 5.97 Å². The Labute approximate surface area is 204 Å². The number of aliphatic hydroxyl groups is 1. The van der Waals surface area contributed by atoms with E-state index in [-0.39, 0.29) is 24.2 Å². The van der Waals surface area contributed by atoms with E-state index in [0.717, 1.165) is 54.1 Å². The van der Waals surface area contributed by atoms with Gasteiger partial charge in [0.2, 0.25) is 0 Å². The van der Waals surface area contributed by atoms with Gasteiger partial charge in [-0.3, -0.25) is 14.8 Å². The van der Waals surface area contributed by atoms with E-state index in [4.69, 9.17) is 9.84 Å². The minimum Gasteiger partial charge on any atom is -0.506 e. The van der Waals surface area contributed by atoms with Crippen molar-refractivity contribution in [2.75, 3.05) is 18.0 Å². The van der Waals surface area contributed by atoms with Gasteiger partial charge < -0.3 is 19.8 Å². The van der Waals surface area contributed by atoms with Gasteiger partial charge in [0.15, 0.2) is 0 Å². The third kappa shape index (κ3) is 8.60. The normalized spacial score (nSPS) is 15.5. The van der Waals surface area contributed by atoms with Crippen molar-refractivity contribution in [3.05, 3.63) is 35.8 Å². The number of rotatable bonds is 5. The molecule has 3 rings (SSSR count). The first-order valence-corrected chi connectivity index (χ1v) is 12.0. The predicted octanol–water partition coefficient (Wildman–Crippen LogP) is 5.06. The summed E-state index contributed by atoms with van der Waals surface area (Å²) < 4.78 is 5.41. The number of esters is 1. The molecule has 3 heterocycles. The van der Waals surface area contributed by atoms with E-state index in [1.165, 1.54) is 6.20 Å². The van der Waals surface area contributed by atoms with E-state index in [9.17, 15) is 9.90 Å². The quantitative estimate of drug-likeness (QED) is 0.589. The Kier molecular flexibility index (Phi) is 9.06. The number of hydrogen-bond acceptors (Lipinski definition) is 7. The number of anilines is 1. The van der Waals surface area contributed by atoms with Crippen LogP contribution in [0.1, 0.15) is 72.6 Å². The largest absolute Gasteiger partial charge is 0.506 e. The van der Waals surface area contributed by atoms with Crippen LogP contribution in [0.25, 0.3) is 11.3 Å². The van der Waals surface area contributed by atoms with Crippen LogP contribution < -0.4 is 4.90 Å². The summed E-state index contributed by atoms with van der Waals surface area (Å²) >= 11 is 0. The molecule has 1 saturated heterocycles. The van der Waals surface area contributed by atoms with Gasteiger partial charge in [-0.2, -0.15) is 0 Å². The molecule has 0 saturated carbocycles. The second-order valence-electron chi connectivity index (χ2n) is 11.0. The summed E-state index contributed by atoms with van der Waals surface area (Å²) in [7, 11) is 0. The second kappa shape index (κ2) is 11.2. The van der Waals surface area contributed by atoms with Crippen LogP contribution in [-0.2, 0) is 16.0 Å². The Morgan fingerprint density at radius 1 is 1.15 bits per heavy atom. The fraction of sp³-hybridized carbons (Fsp3) is 0.593. The first-order chi connectivity index (χ1) is 15.7. The minimum absolute atomic E-state index is 0.121. The van der Waals surface area contributed by atoms with Crippen LogP contribution in [0.2, 0.25) is 0 Å². The lowest BCUT2D eigenvalue weighted by atomic mass is 9.82. The topological polar surface area (TPSA) is 95.8 Å². The van der Waals surface area contributed by atoms with Crippen molar-refractivity contribution >= 4 is 11.7 Å². The van der Waals surface area contributed by atoms with E-state index in [0.29, 0.717) is 5.41 Å². The molecule has 0 radical (unpaired) electrons. The number of hydrogen-bond donors (Lipinski definition) is 2. The highest BCUT2D eigenvalue weighted by Crippen LogP contribution is 2.39. The highest BCUT2D eigenvalue weighted by molar-refractivity contribution is 5.84. The minimum atomic E-state index is -0.500. The molecule has 7 heteroatoms. The van der Waals surface area contributed by atoms with Gasteiger partial charge in [0.1, 0.15) is 5.75 Å². The smallest absolute Gasteiger partial charge is 0.310 e. The average Bonchev–Trinajstić information content (AvgIpc) is 2.69. The summed E-state index contributed by atoms with van der Waals surface area (Å²) in [5.74, 6) is -0.130. The molecule has 1 aliphatic rings. The Hall–Kier alpha value is -2.67. The van der Waals surface area contributed by atoms with Gasteiger partial charge in [-0.05, 0) is 71.9 Å². The third-order valence-electron chi connectivity index (χ3n) is 5.51. The van der Waals surface area contributed by atoms with E-state index in [1.54, 1.807) is 32.9 Å². The Morgan fingerprint density at radius 2 is 1.74 bits per heavy atom. The molecular formula is C27H41N3O4. The maximum absolute atomic E-state index is 12.5. The summed E-state index contributed by atoms with van der Waals surface area (Å²) in [5.41, 5.74) is 4.14. The van der Waals surface area contributed by atoms with Crippen molar-refractivity contribution in [2.24, 2.45) is 5.41 Å². The summed E-state index contributed by atoms with van der Waals surface area (Å²) in [6, 6.07) is 3.41. The monoisotopic (exact) mass is 471 g/mol. The van der Waals surface area contributed by atoms with Crippen molar-refractivity contribution in [2.45, 2.75) is 86.4 Å². The lowest BCUT2D eigenvalue weighted by molar-refractivity contribution is -0.146. The van der Waals surface area contributed by atoms with Crippen LogP contribution in [0.4, 0.5) is 5.69 Å². The molecule has 34 heavy (non-hydrogen) atoms. The highest BCUT2D eigenvalue weighted by Gasteiger charge is 2.29. The van der Waals surface area contributed by atoms with Crippen LogP contribution in [0.15, 0.2) is 24.5 Å². The van der Waals surface area contributed by atoms with Crippen molar-refractivity contribution in [3.8, 4) is 17.0 Å². The van der Waals surface area contributed by atoms with Gasteiger partial charge in [0, 0.05) is 36.1 Å². The van der Waals surface area contributed by atoms with E-state index < -0.39 is 5.60 Å². The van der Waals surface area contributed by atoms with Crippen LogP contribution in [0.5, 0.6) is 5.75 Å². The van der Waals surface area contributed by atoms with E-state index in [2.05, 4.69) is 28.7 Å². The summed E-state index contributed by atoms with van der Waals surface area (Å²) in [6.45, 7) is 17.3. The lowest BCUT2D eigenvalue weighted by Gasteiger charge is -2.40. The van der Waals surface area contributed by atoms with Crippen molar-refractivity contribution in [1.82, 2.24) is 9.97 Å². The van der Waals surface area contributed by atoms with Gasteiger partial charge in [-0.15, -0.1) is 0 Å². The molecular weight excluding hydrogens is 430 g/mol. The summed E-state index contributed by atoms with van der Waals surface area (Å²) in [5, 5.41) is 18.2. The standard InChI is InChI=1S/C23H31N3O3.C4H10O/c1-15(2)29-21(28)12-18-16(3)24-14-19(20-7-6-17(27)13-25-20)22(18)26-10-8-23(4,5)9-11-26;1-4(2,3)5/h6-7,13-15,27H,8-12H2,1-5H3;5H,1-3H3. The Morgan fingerprint density at radius 3 is 2.24 bits per heavy atom. The van der Waals surface area contributed by atoms with Gasteiger partial charge in [0.25, 0.3) is 0 Å². The highest BCUT2D eigenvalue weighted by atomic mass is 16.5. The summed E-state index contributed by atoms with van der Waals surface area (Å²) in [4.78, 5) is 23.8. The third-order valence-corrected chi connectivity index (χ3v) is 5.51. The number of aryl methyl sites for hydroxylation is 1. The average molecular weight is 472 g/mol. The molecule has 2 aromatic heterocycles. The maximum Gasteiger partial charge on any atom is 0.310 e. The molecule has 0 aromatic carbocycles. The molecule has 7 nitrogen and oxygen atoms in total. The maximum atomic E-state index is 12.5. The van der Waals surface area contributed by atoms with E-state index >= 15 is 0 Å². The summed E-state index contributed by atoms with van der Waals surface area (Å²) in [6.07, 6.45) is 5.43. The molecule has 0 unspecified atom stereocenters. The zero-order valence-electron chi connectivity index (χ0n) is 22.0. The van der Waals surface area contributed by atoms with E-state index in [1.807, 2.05) is 27.0 Å². The number of ether oxygens (including phenoxy) is 1. The fourth-order valence-electron chi connectivity index (χ4n) is 3.72. The molecule has 1 fully saturated rings. The number of aromatic nitrogens is 2. The van der Waals surface area contributed by atoms with Crippen LogP contribution in [0, 0.1) is 12.3 Å². The zero-order chi connectivity index (χ0) is 25.7. The molecule has 1 aliphatic heterocycles. The second-order valence-corrected chi connectivity index (χ2v) is 11.0. The molecule has 0 spiro atoms. The first kappa shape index (κ1) is 27.6. The SMILES string of the molecule is CC(C)(C)O.Cc1ncc(-c2ccc(O)cn2)c(N2CCC(C)(C)CC2)c1CC(=O)OC(C)C. The number of carbonyl (C=O) groups is 1. The first-order valence-electron chi connectivity index (χ1n) is 12.0. The lowest BCUT2D eigenvalue weighted by Crippen LogP contribution is -2.38. The fourth-order valence-corrected chi connectivity index (χ4v) is 3.72. The molecule has 2 N–H and O–H groups in total. The number of carbonyl (C=O) groups excluding carboxylic acids is 1. The molecule has 0 bridgehead atoms. The Balaban J connectivity index is 0.000000739. The zero-order valence-corrected chi connectivity index (χ0v) is 22.0. The number of aromatic hydroxyl groups is 1.